The average molecular weight is 584 g/mol. The molecule has 4 nitrogen and oxygen atoms in total. The second-order valence-corrected chi connectivity index (χ2v) is 10.2. The first-order chi connectivity index (χ1) is 15.8. The van der Waals surface area contributed by atoms with Crippen LogP contribution in [0.25, 0.3) is 6.08 Å². The summed E-state index contributed by atoms with van der Waals surface area (Å²) in [5.41, 5.74) is 2.28. The van der Waals surface area contributed by atoms with Gasteiger partial charge in [-0.15, -0.1) is 0 Å². The van der Waals surface area contributed by atoms with Crippen LogP contribution in [0.4, 0.5) is 4.79 Å². The Labute approximate surface area is 218 Å². The Kier molecular flexibility index (Phi) is 7.72. The number of ether oxygens (including phenoxy) is 1. The fraction of sp³-hybridized carbons (Fsp3) is 0.0833. The minimum absolute atomic E-state index is 0.0156. The van der Waals surface area contributed by atoms with E-state index in [0.29, 0.717) is 37.9 Å². The largest absolute Gasteiger partial charge is 0.488 e. The maximum Gasteiger partial charge on any atom is 0.293 e. The standard InChI is InChI=1S/C24H15BrCl3NO3S/c25-18-10-15(6-9-21(18)32-13-14-4-7-16(26)8-5-14)11-22-23(30)29(24(31)33-22)12-17-19(27)2-1-3-20(17)28/h1-11H,12-13H2/b22-11-. The van der Waals surface area contributed by atoms with Crippen LogP contribution in [0.15, 0.2) is 70.0 Å². The van der Waals surface area contributed by atoms with Gasteiger partial charge in [0.15, 0.2) is 0 Å². The van der Waals surface area contributed by atoms with Crippen LogP contribution in [0, 0.1) is 0 Å². The van der Waals surface area contributed by atoms with E-state index in [-0.39, 0.29) is 17.7 Å². The van der Waals surface area contributed by atoms with E-state index >= 15 is 0 Å². The van der Waals surface area contributed by atoms with Crippen LogP contribution in [0.1, 0.15) is 16.7 Å². The van der Waals surface area contributed by atoms with Gasteiger partial charge < -0.3 is 4.74 Å². The van der Waals surface area contributed by atoms with Crippen molar-refractivity contribution in [3.05, 3.63) is 102 Å². The zero-order valence-electron chi connectivity index (χ0n) is 16.9. The number of hydrogen-bond acceptors (Lipinski definition) is 4. The van der Waals surface area contributed by atoms with E-state index in [1.807, 2.05) is 36.4 Å². The van der Waals surface area contributed by atoms with Crippen molar-refractivity contribution in [1.82, 2.24) is 4.90 Å². The van der Waals surface area contributed by atoms with Crippen LogP contribution in [-0.4, -0.2) is 16.0 Å². The van der Waals surface area contributed by atoms with Crippen molar-refractivity contribution in [2.75, 3.05) is 0 Å². The molecule has 0 bridgehead atoms. The molecular formula is C24H15BrCl3NO3S. The smallest absolute Gasteiger partial charge is 0.293 e. The van der Waals surface area contributed by atoms with Crippen LogP contribution < -0.4 is 4.74 Å². The molecule has 9 heteroatoms. The second kappa shape index (κ2) is 10.5. The van der Waals surface area contributed by atoms with Gasteiger partial charge in [0.2, 0.25) is 0 Å². The molecule has 0 unspecified atom stereocenters. The molecule has 1 saturated heterocycles. The molecule has 33 heavy (non-hydrogen) atoms. The minimum Gasteiger partial charge on any atom is -0.488 e. The number of thioether (sulfide) groups is 1. The first-order valence-electron chi connectivity index (χ1n) is 9.67. The third kappa shape index (κ3) is 5.76. The highest BCUT2D eigenvalue weighted by Crippen LogP contribution is 2.36. The molecule has 0 radical (unpaired) electrons. The Morgan fingerprint density at radius 2 is 1.67 bits per heavy atom. The highest BCUT2D eigenvalue weighted by molar-refractivity contribution is 9.10. The number of halogens is 4. The monoisotopic (exact) mass is 581 g/mol. The van der Waals surface area contributed by atoms with Crippen LogP contribution in [0.3, 0.4) is 0 Å². The zero-order valence-corrected chi connectivity index (χ0v) is 21.5. The van der Waals surface area contributed by atoms with E-state index in [1.54, 1.807) is 30.3 Å². The summed E-state index contributed by atoms with van der Waals surface area (Å²) in [6, 6.07) is 17.9. The molecule has 0 aromatic heterocycles. The molecule has 0 atom stereocenters. The number of amides is 2. The maximum atomic E-state index is 12.9. The Bertz CT molecular complexity index is 1240. The van der Waals surface area contributed by atoms with Crippen LogP contribution in [0.5, 0.6) is 5.75 Å². The summed E-state index contributed by atoms with van der Waals surface area (Å²) in [4.78, 5) is 26.8. The lowest BCUT2D eigenvalue weighted by Gasteiger charge is -2.14. The Morgan fingerprint density at radius 1 is 0.970 bits per heavy atom. The minimum atomic E-state index is -0.389. The number of hydrogen-bond donors (Lipinski definition) is 0. The SMILES string of the molecule is O=C1S/C(=C\c2ccc(OCc3ccc(Cl)cc3)c(Br)c2)C(=O)N1Cc1c(Cl)cccc1Cl. The van der Waals surface area contributed by atoms with Gasteiger partial charge in [0.1, 0.15) is 12.4 Å². The van der Waals surface area contributed by atoms with E-state index < -0.39 is 0 Å². The lowest BCUT2D eigenvalue weighted by molar-refractivity contribution is -0.123. The van der Waals surface area contributed by atoms with Gasteiger partial charge in [0.05, 0.1) is 15.9 Å². The van der Waals surface area contributed by atoms with Crippen LogP contribution in [0.2, 0.25) is 15.1 Å². The molecule has 3 aromatic rings. The molecule has 0 aliphatic carbocycles. The van der Waals surface area contributed by atoms with Crippen molar-refractivity contribution >= 4 is 79.7 Å². The van der Waals surface area contributed by atoms with Gasteiger partial charge in [-0.2, -0.15) is 0 Å². The molecule has 1 aliphatic rings. The van der Waals surface area contributed by atoms with Crippen LogP contribution >= 0.6 is 62.5 Å². The van der Waals surface area contributed by atoms with Crippen molar-refractivity contribution in [1.29, 1.82) is 0 Å². The van der Waals surface area contributed by atoms with Gasteiger partial charge in [-0.1, -0.05) is 59.1 Å². The summed E-state index contributed by atoms with van der Waals surface area (Å²) in [5, 5.41) is 1.11. The van der Waals surface area contributed by atoms with Crippen LogP contribution in [-0.2, 0) is 17.9 Å². The third-order valence-corrected chi connectivity index (χ3v) is 7.30. The van der Waals surface area contributed by atoms with E-state index in [2.05, 4.69) is 15.9 Å². The van der Waals surface area contributed by atoms with Gasteiger partial charge in [-0.25, -0.2) is 0 Å². The first-order valence-corrected chi connectivity index (χ1v) is 12.4. The fourth-order valence-corrected chi connectivity index (χ4v) is 5.09. The molecule has 4 rings (SSSR count). The number of benzene rings is 3. The molecule has 0 N–H and O–H groups in total. The molecule has 0 saturated carbocycles. The number of rotatable bonds is 6. The molecule has 2 amide bonds. The second-order valence-electron chi connectivity index (χ2n) is 7.07. The van der Waals surface area contributed by atoms with Crippen molar-refractivity contribution in [3.63, 3.8) is 0 Å². The summed E-state index contributed by atoms with van der Waals surface area (Å²) in [6.45, 7) is 0.403. The molecule has 1 aliphatic heterocycles. The number of imide groups is 1. The normalized spacial score (nSPS) is 14.9. The summed E-state index contributed by atoms with van der Waals surface area (Å²) < 4.78 is 6.59. The predicted octanol–water partition coefficient (Wildman–Crippen LogP) is 8.22. The fourth-order valence-electron chi connectivity index (χ4n) is 3.09. The quantitative estimate of drug-likeness (QED) is 0.274. The van der Waals surface area contributed by atoms with Gasteiger partial charge in [0.25, 0.3) is 11.1 Å². The third-order valence-electron chi connectivity index (χ3n) is 4.81. The van der Waals surface area contributed by atoms with E-state index in [4.69, 9.17) is 39.5 Å². The lowest BCUT2D eigenvalue weighted by atomic mass is 10.2. The van der Waals surface area contributed by atoms with E-state index in [1.165, 1.54) is 0 Å². The molecule has 168 valence electrons. The van der Waals surface area contributed by atoms with Gasteiger partial charge in [-0.3, -0.25) is 14.5 Å². The number of carbonyl (C=O) groups excluding carboxylic acids is 2. The average Bonchev–Trinajstić information content (AvgIpc) is 3.04. The number of carbonyl (C=O) groups is 2. The Morgan fingerprint density at radius 3 is 2.33 bits per heavy atom. The predicted molar refractivity (Wildman–Crippen MR) is 138 cm³/mol. The van der Waals surface area contributed by atoms with E-state index in [0.717, 1.165) is 32.3 Å². The lowest BCUT2D eigenvalue weighted by Crippen LogP contribution is -2.27. The van der Waals surface area contributed by atoms with Gasteiger partial charge in [0, 0.05) is 20.6 Å². The molecule has 1 heterocycles. The van der Waals surface area contributed by atoms with Crippen molar-refractivity contribution < 1.29 is 14.3 Å². The molecule has 3 aromatic carbocycles. The van der Waals surface area contributed by atoms with Gasteiger partial charge in [-0.05, 0) is 81.3 Å². The van der Waals surface area contributed by atoms with Crippen molar-refractivity contribution in [2.45, 2.75) is 13.2 Å². The summed E-state index contributed by atoms with van der Waals surface area (Å²) in [5.74, 6) is 0.267. The highest BCUT2D eigenvalue weighted by Gasteiger charge is 2.35. The summed E-state index contributed by atoms with van der Waals surface area (Å²) >= 11 is 22.7. The van der Waals surface area contributed by atoms with Crippen molar-refractivity contribution in [3.8, 4) is 5.75 Å². The number of nitrogens with zero attached hydrogens (tertiary/aromatic N) is 1. The zero-order chi connectivity index (χ0) is 23.5. The maximum absolute atomic E-state index is 12.9. The topological polar surface area (TPSA) is 46.6 Å². The first kappa shape index (κ1) is 24.2. The molecular weight excluding hydrogens is 569 g/mol. The highest BCUT2D eigenvalue weighted by atomic mass is 79.9. The summed E-state index contributed by atoms with van der Waals surface area (Å²) in [6.07, 6.45) is 1.67. The Hall–Kier alpha value is -1.96. The summed E-state index contributed by atoms with van der Waals surface area (Å²) in [7, 11) is 0. The molecule has 0 spiro atoms. The van der Waals surface area contributed by atoms with E-state index in [9.17, 15) is 9.59 Å². The van der Waals surface area contributed by atoms with Gasteiger partial charge >= 0.3 is 0 Å². The van der Waals surface area contributed by atoms with Crippen molar-refractivity contribution in [2.24, 2.45) is 0 Å². The Balaban J connectivity index is 1.47. The molecule has 1 fully saturated rings.